The van der Waals surface area contributed by atoms with Gasteiger partial charge in [-0.25, -0.2) is 0 Å². The van der Waals surface area contributed by atoms with Gasteiger partial charge in [-0.05, 0) is 12.1 Å². The first kappa shape index (κ1) is 6.84. The number of hydrogen-bond donors (Lipinski definition) is 2. The maximum Gasteiger partial charge on any atom is 0.152 e. The van der Waals surface area contributed by atoms with Crippen LogP contribution < -0.4 is 5.73 Å². The lowest BCUT2D eigenvalue weighted by molar-refractivity contribution is 0.112. The van der Waals surface area contributed by atoms with Crippen LogP contribution in [-0.2, 0) is 0 Å². The van der Waals surface area contributed by atoms with Gasteiger partial charge in [-0.1, -0.05) is 0 Å². The molecule has 2 rings (SSSR count). The van der Waals surface area contributed by atoms with E-state index in [0.717, 1.165) is 17.2 Å². The molecule has 0 atom stereocenters. The van der Waals surface area contributed by atoms with Gasteiger partial charge in [-0.3, -0.25) is 9.89 Å². The highest BCUT2D eigenvalue weighted by Gasteiger charge is 2.01. The zero-order chi connectivity index (χ0) is 8.55. The zero-order valence-electron chi connectivity index (χ0n) is 6.24. The number of nitrogens with zero attached hydrogens (tertiary/aromatic N) is 1. The number of nitrogens with one attached hydrogen (secondary N) is 1. The number of aldehydes is 1. The van der Waals surface area contributed by atoms with Gasteiger partial charge in [-0.15, -0.1) is 0 Å². The number of rotatable bonds is 1. The molecule has 0 saturated carbocycles. The first-order valence-corrected chi connectivity index (χ1v) is 3.49. The Morgan fingerprint density at radius 1 is 1.50 bits per heavy atom. The van der Waals surface area contributed by atoms with Crippen molar-refractivity contribution in [3.05, 3.63) is 23.9 Å². The Bertz CT molecular complexity index is 433. The first-order chi connectivity index (χ1) is 5.81. The van der Waals surface area contributed by atoms with Crippen LogP contribution in [0.4, 0.5) is 5.69 Å². The average Bonchev–Trinajstić information content (AvgIpc) is 2.49. The molecule has 12 heavy (non-hydrogen) atoms. The minimum absolute atomic E-state index is 0.474. The van der Waals surface area contributed by atoms with Crippen LogP contribution in [0.1, 0.15) is 10.4 Å². The molecule has 2 aromatic rings. The summed E-state index contributed by atoms with van der Waals surface area (Å²) in [6.07, 6.45) is 2.39. The van der Waals surface area contributed by atoms with Crippen molar-refractivity contribution >= 4 is 22.9 Å². The molecule has 0 saturated heterocycles. The predicted molar refractivity (Wildman–Crippen MR) is 45.9 cm³/mol. The molecule has 60 valence electrons. The molecule has 0 aliphatic heterocycles. The summed E-state index contributed by atoms with van der Waals surface area (Å²) in [5.41, 5.74) is 7.40. The third kappa shape index (κ3) is 0.852. The Morgan fingerprint density at radius 2 is 2.33 bits per heavy atom. The lowest BCUT2D eigenvalue weighted by Gasteiger charge is -1.96. The van der Waals surface area contributed by atoms with Crippen molar-refractivity contribution in [2.75, 3.05) is 5.73 Å². The highest BCUT2D eigenvalue weighted by atomic mass is 16.1. The number of anilines is 1. The van der Waals surface area contributed by atoms with Gasteiger partial charge in [0.1, 0.15) is 0 Å². The summed E-state index contributed by atoms with van der Waals surface area (Å²) in [5.74, 6) is 0. The Balaban J connectivity index is 2.81. The molecule has 0 radical (unpaired) electrons. The van der Waals surface area contributed by atoms with Crippen LogP contribution in [0.2, 0.25) is 0 Å². The summed E-state index contributed by atoms with van der Waals surface area (Å²) in [7, 11) is 0. The second-order valence-electron chi connectivity index (χ2n) is 2.56. The highest BCUT2D eigenvalue weighted by Crippen LogP contribution is 2.17. The van der Waals surface area contributed by atoms with Gasteiger partial charge in [-0.2, -0.15) is 5.10 Å². The van der Waals surface area contributed by atoms with Crippen LogP contribution in [-0.4, -0.2) is 16.5 Å². The van der Waals surface area contributed by atoms with E-state index in [9.17, 15) is 4.79 Å². The summed E-state index contributed by atoms with van der Waals surface area (Å²) in [6.45, 7) is 0. The van der Waals surface area contributed by atoms with Crippen molar-refractivity contribution in [2.24, 2.45) is 0 Å². The fourth-order valence-corrected chi connectivity index (χ4v) is 1.13. The van der Waals surface area contributed by atoms with Crippen LogP contribution in [0, 0.1) is 0 Å². The Kier molecular flexibility index (Phi) is 1.33. The number of benzene rings is 1. The molecule has 0 amide bonds. The zero-order valence-corrected chi connectivity index (χ0v) is 6.24. The van der Waals surface area contributed by atoms with E-state index in [1.807, 2.05) is 0 Å². The maximum absolute atomic E-state index is 10.5. The van der Waals surface area contributed by atoms with E-state index in [1.54, 1.807) is 18.3 Å². The largest absolute Gasteiger partial charge is 0.398 e. The number of aromatic amines is 1. The quantitative estimate of drug-likeness (QED) is 0.483. The smallest absolute Gasteiger partial charge is 0.152 e. The van der Waals surface area contributed by atoms with E-state index >= 15 is 0 Å². The monoisotopic (exact) mass is 161 g/mol. The third-order valence-corrected chi connectivity index (χ3v) is 1.77. The molecule has 3 N–H and O–H groups in total. The summed E-state index contributed by atoms with van der Waals surface area (Å²) < 4.78 is 0. The van der Waals surface area contributed by atoms with Crippen LogP contribution >= 0.6 is 0 Å². The van der Waals surface area contributed by atoms with Crippen molar-refractivity contribution in [1.82, 2.24) is 10.2 Å². The highest BCUT2D eigenvalue weighted by molar-refractivity contribution is 5.93. The van der Waals surface area contributed by atoms with E-state index in [0.29, 0.717) is 11.3 Å². The Hall–Kier alpha value is -1.84. The number of nitrogens with two attached hydrogens (primary N) is 1. The van der Waals surface area contributed by atoms with Gasteiger partial charge in [0.05, 0.1) is 11.7 Å². The summed E-state index contributed by atoms with van der Waals surface area (Å²) in [6, 6.07) is 3.41. The summed E-state index contributed by atoms with van der Waals surface area (Å²) >= 11 is 0. The predicted octanol–water partition coefficient (Wildman–Crippen LogP) is 0.958. The van der Waals surface area contributed by atoms with Crippen molar-refractivity contribution in [1.29, 1.82) is 0 Å². The number of fused-ring (bicyclic) bond motifs is 1. The van der Waals surface area contributed by atoms with Crippen LogP contribution in [0.15, 0.2) is 18.3 Å². The van der Waals surface area contributed by atoms with E-state index < -0.39 is 0 Å². The molecule has 0 aliphatic carbocycles. The SMILES string of the molecule is Nc1cc2[nH]ncc2cc1C=O. The van der Waals surface area contributed by atoms with Gasteiger partial charge in [0.15, 0.2) is 6.29 Å². The number of H-pyrrole nitrogens is 1. The molecule has 4 nitrogen and oxygen atoms in total. The molecule has 1 aromatic heterocycles. The minimum atomic E-state index is 0.474. The van der Waals surface area contributed by atoms with E-state index in [1.165, 1.54) is 0 Å². The van der Waals surface area contributed by atoms with Gasteiger partial charge < -0.3 is 5.73 Å². The summed E-state index contributed by atoms with van der Waals surface area (Å²) in [5, 5.41) is 7.48. The van der Waals surface area contributed by atoms with Gasteiger partial charge in [0.2, 0.25) is 0 Å². The Morgan fingerprint density at radius 3 is 3.08 bits per heavy atom. The average molecular weight is 161 g/mol. The lowest BCUT2D eigenvalue weighted by atomic mass is 10.1. The molecule has 1 aromatic carbocycles. The second-order valence-corrected chi connectivity index (χ2v) is 2.56. The molecule has 0 spiro atoms. The molecule has 0 unspecified atom stereocenters. The third-order valence-electron chi connectivity index (χ3n) is 1.77. The minimum Gasteiger partial charge on any atom is -0.398 e. The van der Waals surface area contributed by atoms with Gasteiger partial charge >= 0.3 is 0 Å². The van der Waals surface area contributed by atoms with Gasteiger partial charge in [0, 0.05) is 16.6 Å². The number of aromatic nitrogens is 2. The molecular formula is C8H7N3O. The molecule has 0 bridgehead atoms. The van der Waals surface area contributed by atoms with Gasteiger partial charge in [0.25, 0.3) is 0 Å². The first-order valence-electron chi connectivity index (χ1n) is 3.49. The van der Waals surface area contributed by atoms with Crippen molar-refractivity contribution in [3.63, 3.8) is 0 Å². The Labute approximate surface area is 68.4 Å². The number of hydrogen-bond acceptors (Lipinski definition) is 3. The molecule has 1 heterocycles. The molecular weight excluding hydrogens is 154 g/mol. The molecule has 0 aliphatic rings. The number of carbonyl (C=O) groups excluding carboxylic acids is 1. The topological polar surface area (TPSA) is 71.8 Å². The normalized spacial score (nSPS) is 10.3. The van der Waals surface area contributed by atoms with Crippen LogP contribution in [0.25, 0.3) is 10.9 Å². The molecule has 0 fully saturated rings. The lowest BCUT2D eigenvalue weighted by Crippen LogP contribution is -1.91. The standard InChI is InChI=1S/C8H7N3O/c9-7-2-8-5(3-10-11-8)1-6(7)4-12/h1-4H,9H2,(H,10,11). The van der Waals surface area contributed by atoms with Crippen LogP contribution in [0.3, 0.4) is 0 Å². The van der Waals surface area contributed by atoms with E-state index in [-0.39, 0.29) is 0 Å². The van der Waals surface area contributed by atoms with Crippen molar-refractivity contribution in [3.8, 4) is 0 Å². The van der Waals surface area contributed by atoms with E-state index in [2.05, 4.69) is 10.2 Å². The fraction of sp³-hybridized carbons (Fsp3) is 0. The van der Waals surface area contributed by atoms with E-state index in [4.69, 9.17) is 5.73 Å². The molecule has 4 heteroatoms. The van der Waals surface area contributed by atoms with Crippen molar-refractivity contribution < 1.29 is 4.79 Å². The summed E-state index contributed by atoms with van der Waals surface area (Å²) in [4.78, 5) is 10.5. The van der Waals surface area contributed by atoms with Crippen molar-refractivity contribution in [2.45, 2.75) is 0 Å². The maximum atomic E-state index is 10.5. The number of nitrogen functional groups attached to an aromatic ring is 1. The van der Waals surface area contributed by atoms with Crippen LogP contribution in [0.5, 0.6) is 0 Å². The fourth-order valence-electron chi connectivity index (χ4n) is 1.13. The second kappa shape index (κ2) is 2.34. The number of carbonyl (C=O) groups is 1.